The van der Waals surface area contributed by atoms with Crippen molar-refractivity contribution in [1.29, 1.82) is 0 Å². The molecule has 0 radical (unpaired) electrons. The van der Waals surface area contributed by atoms with Crippen LogP contribution in [0.3, 0.4) is 0 Å². The fourth-order valence-corrected chi connectivity index (χ4v) is 4.23. The van der Waals surface area contributed by atoms with Gasteiger partial charge >= 0.3 is 0 Å². The Labute approximate surface area is 191 Å². The van der Waals surface area contributed by atoms with Gasteiger partial charge in [-0.05, 0) is 49.4 Å². The molecule has 1 aromatic heterocycles. The van der Waals surface area contributed by atoms with Crippen LogP contribution in [0.2, 0.25) is 10.0 Å². The van der Waals surface area contributed by atoms with Crippen molar-refractivity contribution in [1.82, 2.24) is 9.88 Å². The highest BCUT2D eigenvalue weighted by Crippen LogP contribution is 2.37. The zero-order valence-corrected chi connectivity index (χ0v) is 18.9. The van der Waals surface area contributed by atoms with E-state index in [9.17, 15) is 4.79 Å². The first-order chi connectivity index (χ1) is 15.0. The third-order valence-corrected chi connectivity index (χ3v) is 5.98. The molecular weight excluding hydrogens is 437 g/mol. The summed E-state index contributed by atoms with van der Waals surface area (Å²) in [4.78, 5) is 21.3. The van der Waals surface area contributed by atoms with Crippen molar-refractivity contribution in [2.75, 3.05) is 44.8 Å². The molecule has 3 aromatic rings. The van der Waals surface area contributed by atoms with E-state index in [1.165, 1.54) is 0 Å². The average molecular weight is 460 g/mol. The number of aryl methyl sites for hydroxylation is 1. The molecule has 0 aliphatic carbocycles. The molecule has 162 valence electrons. The van der Waals surface area contributed by atoms with Crippen LogP contribution in [0.25, 0.3) is 10.9 Å². The summed E-state index contributed by atoms with van der Waals surface area (Å²) in [6, 6.07) is 13.3. The number of rotatable bonds is 5. The Hall–Kier alpha value is -2.70. The highest BCUT2D eigenvalue weighted by atomic mass is 35.5. The molecule has 1 saturated heterocycles. The Morgan fingerprint density at radius 3 is 2.42 bits per heavy atom. The number of hydrogen-bond donors (Lipinski definition) is 0. The van der Waals surface area contributed by atoms with Gasteiger partial charge in [0.2, 0.25) is 0 Å². The van der Waals surface area contributed by atoms with Crippen molar-refractivity contribution in [2.45, 2.75) is 6.92 Å². The second-order valence-electron chi connectivity index (χ2n) is 7.37. The van der Waals surface area contributed by atoms with Crippen molar-refractivity contribution in [3.05, 3.63) is 58.2 Å². The Balaban J connectivity index is 1.39. The smallest absolute Gasteiger partial charge is 0.260 e. The van der Waals surface area contributed by atoms with E-state index in [0.29, 0.717) is 34.4 Å². The predicted molar refractivity (Wildman–Crippen MR) is 124 cm³/mol. The van der Waals surface area contributed by atoms with E-state index in [4.69, 9.17) is 32.7 Å². The fraction of sp³-hybridized carbons (Fsp3) is 0.304. The van der Waals surface area contributed by atoms with E-state index < -0.39 is 0 Å². The number of piperazine rings is 1. The molecule has 0 N–H and O–H groups in total. The molecule has 2 heterocycles. The molecule has 6 nitrogen and oxygen atoms in total. The van der Waals surface area contributed by atoms with Crippen LogP contribution in [0.4, 0.5) is 5.69 Å². The molecule has 1 amide bonds. The van der Waals surface area contributed by atoms with Gasteiger partial charge in [-0.2, -0.15) is 0 Å². The second-order valence-corrected chi connectivity index (χ2v) is 8.19. The maximum atomic E-state index is 12.8. The number of pyridine rings is 1. The van der Waals surface area contributed by atoms with Gasteiger partial charge in [-0.1, -0.05) is 23.2 Å². The molecule has 0 unspecified atom stereocenters. The molecular formula is C23H23Cl2N3O3. The van der Waals surface area contributed by atoms with Gasteiger partial charge in [-0.3, -0.25) is 4.79 Å². The van der Waals surface area contributed by atoms with Crippen LogP contribution in [-0.4, -0.2) is 55.7 Å². The number of ether oxygens (including phenoxy) is 2. The summed E-state index contributed by atoms with van der Waals surface area (Å²) in [6.07, 6.45) is 0. The summed E-state index contributed by atoms with van der Waals surface area (Å²) in [5.41, 5.74) is 2.50. The number of anilines is 1. The van der Waals surface area contributed by atoms with Crippen molar-refractivity contribution in [2.24, 2.45) is 0 Å². The van der Waals surface area contributed by atoms with Crippen LogP contribution in [0.5, 0.6) is 11.5 Å². The molecule has 0 spiro atoms. The molecule has 0 saturated carbocycles. The first-order valence-corrected chi connectivity index (χ1v) is 10.8. The van der Waals surface area contributed by atoms with E-state index >= 15 is 0 Å². The molecule has 2 aromatic carbocycles. The lowest BCUT2D eigenvalue weighted by Crippen LogP contribution is -2.50. The lowest BCUT2D eigenvalue weighted by molar-refractivity contribution is -0.133. The van der Waals surface area contributed by atoms with Crippen molar-refractivity contribution < 1.29 is 14.3 Å². The fourth-order valence-electron chi connectivity index (χ4n) is 3.66. The van der Waals surface area contributed by atoms with Gasteiger partial charge in [-0.15, -0.1) is 0 Å². The third kappa shape index (κ3) is 4.65. The SMILES string of the molecule is COc1ccc(N2CCN(C(=O)COc3c(Cl)cc(Cl)c4ccc(C)nc34)CC2)cc1. The lowest BCUT2D eigenvalue weighted by atomic mass is 10.2. The predicted octanol–water partition coefficient (Wildman–Crippen LogP) is 4.59. The summed E-state index contributed by atoms with van der Waals surface area (Å²) in [5.74, 6) is 1.13. The highest BCUT2D eigenvalue weighted by molar-refractivity contribution is 6.39. The molecule has 1 aliphatic heterocycles. The molecule has 0 atom stereocenters. The molecule has 1 fully saturated rings. The van der Waals surface area contributed by atoms with Crippen LogP contribution in [0.1, 0.15) is 5.69 Å². The number of fused-ring (bicyclic) bond motifs is 1. The number of aromatic nitrogens is 1. The summed E-state index contributed by atoms with van der Waals surface area (Å²) < 4.78 is 11.1. The Morgan fingerprint density at radius 1 is 1.03 bits per heavy atom. The number of methoxy groups -OCH3 is 1. The summed E-state index contributed by atoms with van der Waals surface area (Å²) >= 11 is 12.6. The zero-order valence-electron chi connectivity index (χ0n) is 17.4. The standard InChI is InChI=1S/C23H23Cl2N3O3/c1-15-3-8-18-19(24)13-20(25)23(22(18)26-15)31-14-21(29)28-11-9-27(10-12-28)16-4-6-17(30-2)7-5-16/h3-8,13H,9-12,14H2,1-2H3. The maximum Gasteiger partial charge on any atom is 0.260 e. The number of hydrogen-bond acceptors (Lipinski definition) is 5. The van der Waals surface area contributed by atoms with Gasteiger partial charge < -0.3 is 19.3 Å². The zero-order chi connectivity index (χ0) is 22.0. The Bertz CT molecular complexity index is 1100. The Morgan fingerprint density at radius 2 is 1.74 bits per heavy atom. The van der Waals surface area contributed by atoms with Crippen LogP contribution in [-0.2, 0) is 4.79 Å². The largest absolute Gasteiger partial charge is 0.497 e. The third-order valence-electron chi connectivity index (χ3n) is 5.39. The van der Waals surface area contributed by atoms with Gasteiger partial charge in [0.05, 0.1) is 17.2 Å². The van der Waals surface area contributed by atoms with Crippen LogP contribution < -0.4 is 14.4 Å². The maximum absolute atomic E-state index is 12.8. The monoisotopic (exact) mass is 459 g/mol. The number of carbonyl (C=O) groups is 1. The molecule has 1 aliphatic rings. The topological polar surface area (TPSA) is 54.9 Å². The molecule has 4 rings (SSSR count). The van der Waals surface area contributed by atoms with Gasteiger partial charge in [0.1, 0.15) is 11.3 Å². The van der Waals surface area contributed by atoms with Crippen LogP contribution >= 0.6 is 23.2 Å². The normalized spacial score (nSPS) is 14.1. The van der Waals surface area contributed by atoms with Crippen LogP contribution in [0, 0.1) is 6.92 Å². The van der Waals surface area contributed by atoms with Gasteiger partial charge in [-0.25, -0.2) is 4.98 Å². The number of benzene rings is 2. The van der Waals surface area contributed by atoms with E-state index in [2.05, 4.69) is 9.88 Å². The minimum Gasteiger partial charge on any atom is -0.497 e. The van der Waals surface area contributed by atoms with Crippen molar-refractivity contribution in [3.63, 3.8) is 0 Å². The number of halogens is 2. The van der Waals surface area contributed by atoms with E-state index in [-0.39, 0.29) is 12.5 Å². The number of carbonyl (C=O) groups excluding carboxylic acids is 1. The number of nitrogens with zero attached hydrogens (tertiary/aromatic N) is 3. The van der Waals surface area contributed by atoms with E-state index in [1.54, 1.807) is 13.2 Å². The summed E-state index contributed by atoms with van der Waals surface area (Å²) in [5, 5.41) is 1.58. The number of amides is 1. The first kappa shape index (κ1) is 21.5. The second kappa shape index (κ2) is 9.20. The minimum absolute atomic E-state index is 0.0822. The van der Waals surface area contributed by atoms with Gasteiger partial charge in [0.15, 0.2) is 12.4 Å². The minimum atomic E-state index is -0.103. The first-order valence-electron chi connectivity index (χ1n) is 10.0. The van der Waals surface area contributed by atoms with E-state index in [1.807, 2.05) is 48.2 Å². The summed E-state index contributed by atoms with van der Waals surface area (Å²) in [7, 11) is 1.65. The Kier molecular flexibility index (Phi) is 6.39. The van der Waals surface area contributed by atoms with Crippen LogP contribution in [0.15, 0.2) is 42.5 Å². The average Bonchev–Trinajstić information content (AvgIpc) is 2.78. The lowest BCUT2D eigenvalue weighted by Gasteiger charge is -2.36. The van der Waals surface area contributed by atoms with Gasteiger partial charge in [0.25, 0.3) is 5.91 Å². The van der Waals surface area contributed by atoms with E-state index in [0.717, 1.165) is 35.6 Å². The van der Waals surface area contributed by atoms with Gasteiger partial charge in [0, 0.05) is 42.9 Å². The van der Waals surface area contributed by atoms with Crippen molar-refractivity contribution >= 4 is 45.7 Å². The molecule has 0 bridgehead atoms. The van der Waals surface area contributed by atoms with Crippen molar-refractivity contribution in [3.8, 4) is 11.5 Å². The molecule has 31 heavy (non-hydrogen) atoms. The summed E-state index contributed by atoms with van der Waals surface area (Å²) in [6.45, 7) is 4.54. The molecule has 8 heteroatoms. The quantitative estimate of drug-likeness (QED) is 0.558. The highest BCUT2D eigenvalue weighted by Gasteiger charge is 2.23.